The molecule has 0 aliphatic carbocycles. The lowest BCUT2D eigenvalue weighted by Crippen LogP contribution is -2.46. The number of thioether (sulfide) groups is 1. The number of H-pyrrole nitrogens is 1. The SMILES string of the molecule is CC(C)(C)[Si](C)(C)OC[C@H]1O[C@@H](n2ccc(=O)[nH]c2=O)S[C@@H]1CO[Si](C)(C)C(C)(C)C. The molecule has 1 fully saturated rings. The van der Waals surface area contributed by atoms with Crippen molar-refractivity contribution in [2.24, 2.45) is 0 Å². The average molecular weight is 489 g/mol. The topological polar surface area (TPSA) is 82.5 Å². The fraction of sp³-hybridized carbons (Fsp3) is 0.810. The zero-order chi connectivity index (χ0) is 23.8. The smallest absolute Gasteiger partial charge is 0.331 e. The Hall–Kier alpha value is -0.656. The standard InChI is InChI=1S/C21H40N2O5SSi2/c1-20(2,3)30(7,8)26-13-15-16(14-27-31(9,10)21(4,5)6)29-19(28-15)23-12-11-17(24)22-18(23)25/h11-12,15-16,19H,13-14H2,1-10H3,(H,22,24,25)/t15-,16-,19-/m1/s1. The molecule has 1 aromatic rings. The molecule has 0 unspecified atom stereocenters. The van der Waals surface area contributed by atoms with Crippen molar-refractivity contribution >= 4 is 28.4 Å². The number of hydrogen-bond acceptors (Lipinski definition) is 6. The van der Waals surface area contributed by atoms with Gasteiger partial charge in [0.05, 0.1) is 18.0 Å². The summed E-state index contributed by atoms with van der Waals surface area (Å²) in [6, 6.07) is 1.34. The van der Waals surface area contributed by atoms with E-state index in [9.17, 15) is 9.59 Å². The predicted molar refractivity (Wildman–Crippen MR) is 133 cm³/mol. The number of hydrogen-bond donors (Lipinski definition) is 1. The Morgan fingerprint density at radius 1 is 1.00 bits per heavy atom. The third-order valence-corrected chi connectivity index (χ3v) is 17.3. The van der Waals surface area contributed by atoms with Gasteiger partial charge in [-0.2, -0.15) is 0 Å². The van der Waals surface area contributed by atoms with Gasteiger partial charge in [-0.1, -0.05) is 53.3 Å². The maximum atomic E-state index is 12.3. The molecule has 1 saturated heterocycles. The monoisotopic (exact) mass is 488 g/mol. The van der Waals surface area contributed by atoms with Crippen LogP contribution in [0.3, 0.4) is 0 Å². The van der Waals surface area contributed by atoms with Crippen molar-refractivity contribution < 1.29 is 13.6 Å². The van der Waals surface area contributed by atoms with Crippen LogP contribution in [0.25, 0.3) is 0 Å². The van der Waals surface area contributed by atoms with Gasteiger partial charge in [0.1, 0.15) is 0 Å². The first-order chi connectivity index (χ1) is 13.9. The van der Waals surface area contributed by atoms with Gasteiger partial charge < -0.3 is 13.6 Å². The molecule has 31 heavy (non-hydrogen) atoms. The highest BCUT2D eigenvalue weighted by Crippen LogP contribution is 2.43. The van der Waals surface area contributed by atoms with Crippen molar-refractivity contribution in [3.05, 3.63) is 33.1 Å². The first kappa shape index (κ1) is 26.6. The van der Waals surface area contributed by atoms with E-state index in [0.29, 0.717) is 13.2 Å². The van der Waals surface area contributed by atoms with Crippen LogP contribution in [0.1, 0.15) is 47.1 Å². The van der Waals surface area contributed by atoms with Crippen molar-refractivity contribution in [1.82, 2.24) is 9.55 Å². The molecule has 2 heterocycles. The van der Waals surface area contributed by atoms with E-state index >= 15 is 0 Å². The molecule has 1 aromatic heterocycles. The van der Waals surface area contributed by atoms with E-state index in [0.717, 1.165) is 0 Å². The zero-order valence-corrected chi connectivity index (χ0v) is 23.5. The normalized spacial score (nSPS) is 23.4. The molecule has 0 saturated carbocycles. The molecule has 178 valence electrons. The molecule has 10 heteroatoms. The summed E-state index contributed by atoms with van der Waals surface area (Å²) in [7, 11) is -3.88. The van der Waals surface area contributed by atoms with E-state index in [1.54, 1.807) is 11.8 Å². The van der Waals surface area contributed by atoms with Gasteiger partial charge in [-0.25, -0.2) is 4.79 Å². The van der Waals surface area contributed by atoms with Gasteiger partial charge in [0.25, 0.3) is 5.56 Å². The fourth-order valence-corrected chi connectivity index (χ4v) is 5.97. The van der Waals surface area contributed by atoms with Gasteiger partial charge in [-0.3, -0.25) is 14.3 Å². The van der Waals surface area contributed by atoms with Crippen LogP contribution in [0.5, 0.6) is 0 Å². The predicted octanol–water partition coefficient (Wildman–Crippen LogP) is 4.54. The molecule has 0 radical (unpaired) electrons. The number of ether oxygens (including phenoxy) is 1. The lowest BCUT2D eigenvalue weighted by molar-refractivity contribution is -0.0156. The Bertz CT molecular complexity index is 832. The third-order valence-electron chi connectivity index (χ3n) is 6.90. The van der Waals surface area contributed by atoms with Gasteiger partial charge in [0, 0.05) is 18.9 Å². The van der Waals surface area contributed by atoms with Crippen molar-refractivity contribution in [1.29, 1.82) is 0 Å². The zero-order valence-electron chi connectivity index (χ0n) is 20.7. The molecule has 2 rings (SSSR count). The summed E-state index contributed by atoms with van der Waals surface area (Å²) in [5.74, 6) is 0. The van der Waals surface area contributed by atoms with Crippen molar-refractivity contribution in [3.8, 4) is 0 Å². The summed E-state index contributed by atoms with van der Waals surface area (Å²) in [6.45, 7) is 23.2. The average Bonchev–Trinajstić information content (AvgIpc) is 2.99. The van der Waals surface area contributed by atoms with E-state index in [4.69, 9.17) is 13.6 Å². The molecule has 0 bridgehead atoms. The Balaban J connectivity index is 2.21. The molecular weight excluding hydrogens is 448 g/mol. The molecule has 1 aliphatic heterocycles. The maximum absolute atomic E-state index is 12.3. The highest BCUT2D eigenvalue weighted by molar-refractivity contribution is 8.00. The molecule has 1 N–H and O–H groups in total. The summed E-state index contributed by atoms with van der Waals surface area (Å²) in [5.41, 5.74) is -1.41. The molecule has 0 spiro atoms. The lowest BCUT2D eigenvalue weighted by Gasteiger charge is -2.38. The minimum Gasteiger partial charge on any atom is -0.416 e. The van der Waals surface area contributed by atoms with Gasteiger partial charge in [-0.15, -0.1) is 0 Å². The van der Waals surface area contributed by atoms with Crippen molar-refractivity contribution in [2.45, 2.75) is 94.7 Å². The second kappa shape index (κ2) is 9.30. The number of rotatable bonds is 7. The quantitative estimate of drug-likeness (QED) is 0.568. The Kier molecular flexibility index (Phi) is 7.98. The molecule has 3 atom stereocenters. The van der Waals surface area contributed by atoms with Crippen LogP contribution in [0.15, 0.2) is 21.9 Å². The number of aromatic nitrogens is 2. The highest BCUT2D eigenvalue weighted by Gasteiger charge is 2.44. The number of nitrogens with zero attached hydrogens (tertiary/aromatic N) is 1. The number of aromatic amines is 1. The van der Waals surface area contributed by atoms with E-state index < -0.39 is 33.4 Å². The van der Waals surface area contributed by atoms with Crippen LogP contribution >= 0.6 is 11.8 Å². The van der Waals surface area contributed by atoms with Crippen LogP contribution < -0.4 is 11.2 Å². The maximum Gasteiger partial charge on any atom is 0.331 e. The van der Waals surface area contributed by atoms with Crippen LogP contribution in [0.4, 0.5) is 0 Å². The summed E-state index contributed by atoms with van der Waals surface area (Å²) in [6.07, 6.45) is 1.29. The molecule has 1 aliphatic rings. The van der Waals surface area contributed by atoms with Crippen LogP contribution in [-0.4, -0.2) is 50.8 Å². The van der Waals surface area contributed by atoms with E-state index in [-0.39, 0.29) is 21.4 Å². The second-order valence-corrected chi connectivity index (χ2v) is 22.2. The first-order valence-electron chi connectivity index (χ1n) is 10.8. The first-order valence-corrected chi connectivity index (χ1v) is 17.6. The minimum atomic E-state index is -1.95. The van der Waals surface area contributed by atoms with E-state index in [1.165, 1.54) is 16.8 Å². The Morgan fingerprint density at radius 3 is 2.00 bits per heavy atom. The molecular formula is C21H40N2O5SSi2. The van der Waals surface area contributed by atoms with Crippen molar-refractivity contribution in [3.63, 3.8) is 0 Å². The van der Waals surface area contributed by atoms with E-state index in [1.807, 2.05) is 0 Å². The van der Waals surface area contributed by atoms with Gasteiger partial charge >= 0.3 is 5.69 Å². The van der Waals surface area contributed by atoms with Crippen LogP contribution in [-0.2, 0) is 13.6 Å². The lowest BCUT2D eigenvalue weighted by atomic mass is 10.2. The summed E-state index contributed by atoms with van der Waals surface area (Å²) >= 11 is 1.55. The highest BCUT2D eigenvalue weighted by atomic mass is 32.2. The number of nitrogens with one attached hydrogen (secondary N) is 1. The van der Waals surface area contributed by atoms with Crippen LogP contribution in [0.2, 0.25) is 36.3 Å². The third kappa shape index (κ3) is 6.45. The molecule has 0 amide bonds. The van der Waals surface area contributed by atoms with Crippen molar-refractivity contribution in [2.75, 3.05) is 13.2 Å². The van der Waals surface area contributed by atoms with Gasteiger partial charge in [0.15, 0.2) is 22.2 Å². The molecule has 0 aromatic carbocycles. The van der Waals surface area contributed by atoms with E-state index in [2.05, 4.69) is 72.7 Å². The summed E-state index contributed by atoms with van der Waals surface area (Å²) in [5, 5.41) is 0.239. The fourth-order valence-electron chi connectivity index (χ4n) is 2.54. The van der Waals surface area contributed by atoms with Gasteiger partial charge in [-0.05, 0) is 36.3 Å². The Labute approximate surface area is 192 Å². The Morgan fingerprint density at radius 2 is 1.52 bits per heavy atom. The summed E-state index contributed by atoms with van der Waals surface area (Å²) < 4.78 is 20.6. The minimum absolute atomic E-state index is 0.0303. The van der Waals surface area contributed by atoms with Crippen LogP contribution in [0, 0.1) is 0 Å². The van der Waals surface area contributed by atoms with Gasteiger partial charge in [0.2, 0.25) is 0 Å². The summed E-state index contributed by atoms with van der Waals surface area (Å²) in [4.78, 5) is 26.1. The largest absolute Gasteiger partial charge is 0.416 e. The molecule has 7 nitrogen and oxygen atoms in total. The second-order valence-electron chi connectivity index (χ2n) is 11.3.